The summed E-state index contributed by atoms with van der Waals surface area (Å²) >= 11 is 0. The van der Waals surface area contributed by atoms with Crippen LogP contribution in [0.3, 0.4) is 0 Å². The van der Waals surface area contributed by atoms with Crippen molar-refractivity contribution in [1.82, 2.24) is 0 Å². The lowest BCUT2D eigenvalue weighted by atomic mass is 9.81. The van der Waals surface area contributed by atoms with Crippen LogP contribution in [0.5, 0.6) is 0 Å². The largest absolute Gasteiger partial charge is 0.456 e. The molecule has 1 heteroatoms. The Balaban J connectivity index is 0.000000115. The molecule has 0 aliphatic heterocycles. The molecule has 0 bridgehead atoms. The zero-order chi connectivity index (χ0) is 36.2. The normalized spacial score (nSPS) is 14.0. The Hall–Kier alpha value is -5.66. The molecule has 52 heavy (non-hydrogen) atoms. The van der Waals surface area contributed by atoms with Gasteiger partial charge in [0.1, 0.15) is 11.2 Å². The van der Waals surface area contributed by atoms with Crippen LogP contribution in [0.1, 0.15) is 66.6 Å². The van der Waals surface area contributed by atoms with E-state index in [0.29, 0.717) is 0 Å². The van der Waals surface area contributed by atoms with E-state index in [-0.39, 0.29) is 10.8 Å². The molecule has 10 rings (SSSR count). The molecule has 0 atom stereocenters. The molecule has 1 nitrogen and oxygen atoms in total. The first-order valence-corrected chi connectivity index (χ1v) is 18.4. The monoisotopic (exact) mass is 674 g/mol. The fourth-order valence-corrected chi connectivity index (χ4v) is 8.66. The van der Waals surface area contributed by atoms with E-state index >= 15 is 0 Å². The van der Waals surface area contributed by atoms with Crippen LogP contribution in [0, 0.1) is 20.8 Å². The number of aryl methyl sites for hydroxylation is 3. The summed E-state index contributed by atoms with van der Waals surface area (Å²) < 4.78 is 5.73. The highest BCUT2D eigenvalue weighted by atomic mass is 16.3. The maximum absolute atomic E-state index is 5.73. The van der Waals surface area contributed by atoms with Gasteiger partial charge in [-0.15, -0.1) is 0 Å². The smallest absolute Gasteiger partial charge is 0.135 e. The fraction of sp³-hybridized carbons (Fsp3) is 0.176. The Morgan fingerprint density at radius 3 is 1.67 bits per heavy atom. The van der Waals surface area contributed by atoms with E-state index in [0.717, 1.165) is 11.2 Å². The SMILES string of the molecule is Cc1cccc2c1-c1ccccc1C2(C)C.Cc1cccc2oc3ccccc3c12.Cc1ccccc1-c1ccc2c(c1)C(C)(C)c1ccccc1-2. The van der Waals surface area contributed by atoms with Gasteiger partial charge in [-0.2, -0.15) is 0 Å². The first-order chi connectivity index (χ1) is 25.1. The van der Waals surface area contributed by atoms with Crippen LogP contribution in [0.4, 0.5) is 0 Å². The molecule has 1 heterocycles. The second kappa shape index (κ2) is 12.8. The third-order valence-electron chi connectivity index (χ3n) is 11.5. The van der Waals surface area contributed by atoms with Crippen LogP contribution in [0.15, 0.2) is 156 Å². The lowest BCUT2D eigenvalue weighted by Crippen LogP contribution is -2.14. The number of fused-ring (bicyclic) bond motifs is 9. The van der Waals surface area contributed by atoms with Crippen LogP contribution in [-0.2, 0) is 10.8 Å². The summed E-state index contributed by atoms with van der Waals surface area (Å²) in [4.78, 5) is 0. The molecule has 7 aromatic carbocycles. The Labute approximate surface area is 308 Å². The van der Waals surface area contributed by atoms with E-state index in [4.69, 9.17) is 4.42 Å². The number of hydrogen-bond donors (Lipinski definition) is 0. The minimum absolute atomic E-state index is 0.0740. The molecule has 0 radical (unpaired) electrons. The van der Waals surface area contributed by atoms with Crippen molar-refractivity contribution in [3.8, 4) is 33.4 Å². The zero-order valence-electron chi connectivity index (χ0n) is 31.3. The fourth-order valence-electron chi connectivity index (χ4n) is 8.66. The van der Waals surface area contributed by atoms with E-state index in [1.807, 2.05) is 30.3 Å². The molecule has 0 spiro atoms. The molecule has 0 amide bonds. The van der Waals surface area contributed by atoms with Crippen LogP contribution < -0.4 is 0 Å². The molecule has 0 saturated carbocycles. The number of rotatable bonds is 1. The predicted octanol–water partition coefficient (Wildman–Crippen LogP) is 14.2. The van der Waals surface area contributed by atoms with Gasteiger partial charge in [0.25, 0.3) is 0 Å². The minimum atomic E-state index is 0.0740. The van der Waals surface area contributed by atoms with Crippen molar-refractivity contribution >= 4 is 21.9 Å². The van der Waals surface area contributed by atoms with E-state index in [9.17, 15) is 0 Å². The van der Waals surface area contributed by atoms with Crippen molar-refractivity contribution in [3.63, 3.8) is 0 Å². The Bertz CT molecular complexity index is 2610. The average Bonchev–Trinajstić information content (AvgIpc) is 3.73. The van der Waals surface area contributed by atoms with Crippen LogP contribution in [0.2, 0.25) is 0 Å². The lowest BCUT2D eigenvalue weighted by molar-refractivity contribution is 0.660. The summed E-state index contributed by atoms with van der Waals surface area (Å²) in [5.41, 5.74) is 20.2. The Kier molecular flexibility index (Phi) is 8.26. The summed E-state index contributed by atoms with van der Waals surface area (Å²) in [6, 6.07) is 54.1. The topological polar surface area (TPSA) is 13.1 Å². The first kappa shape index (κ1) is 33.5. The Morgan fingerprint density at radius 2 is 0.904 bits per heavy atom. The highest BCUT2D eigenvalue weighted by molar-refractivity contribution is 6.06. The molecule has 0 unspecified atom stereocenters. The van der Waals surface area contributed by atoms with Gasteiger partial charge in [-0.25, -0.2) is 0 Å². The maximum atomic E-state index is 5.73. The van der Waals surface area contributed by atoms with Gasteiger partial charge in [0.2, 0.25) is 0 Å². The van der Waals surface area contributed by atoms with Crippen LogP contribution >= 0.6 is 0 Å². The second-order valence-electron chi connectivity index (χ2n) is 15.5. The molecule has 2 aliphatic rings. The van der Waals surface area contributed by atoms with Crippen LogP contribution in [-0.4, -0.2) is 0 Å². The quantitative estimate of drug-likeness (QED) is 0.169. The van der Waals surface area contributed by atoms with Gasteiger partial charge < -0.3 is 4.42 Å². The van der Waals surface area contributed by atoms with E-state index in [1.54, 1.807) is 0 Å². The summed E-state index contributed by atoms with van der Waals surface area (Å²) in [5.74, 6) is 0. The van der Waals surface area contributed by atoms with Gasteiger partial charge in [0.05, 0.1) is 0 Å². The Morgan fingerprint density at radius 1 is 0.385 bits per heavy atom. The second-order valence-corrected chi connectivity index (χ2v) is 15.5. The molecule has 0 N–H and O–H groups in total. The molecule has 2 aliphatic carbocycles. The summed E-state index contributed by atoms with van der Waals surface area (Å²) in [5, 5.41) is 2.45. The molecular formula is C51H46O. The molecule has 256 valence electrons. The third-order valence-corrected chi connectivity index (χ3v) is 11.5. The first-order valence-electron chi connectivity index (χ1n) is 18.4. The standard InChI is InChI=1S/C22H20.C16H16.C13H10O/c1-15-8-4-5-9-17(15)16-12-13-19-18-10-6-7-11-20(18)22(2,3)21(19)14-16;1-11-7-6-10-14-15(11)12-8-4-5-9-13(12)16(14,2)3;1-9-5-4-8-12-13(9)10-6-2-3-7-11(10)14-12/h4-14H,1-3H3;4-10H,1-3H3;2-8H,1H3. The van der Waals surface area contributed by atoms with Gasteiger partial charge in [0.15, 0.2) is 0 Å². The van der Waals surface area contributed by atoms with Gasteiger partial charge in [0, 0.05) is 21.6 Å². The van der Waals surface area contributed by atoms with Crippen molar-refractivity contribution in [2.24, 2.45) is 0 Å². The third kappa shape index (κ3) is 5.47. The van der Waals surface area contributed by atoms with E-state index in [2.05, 4.69) is 170 Å². The highest BCUT2D eigenvalue weighted by Crippen LogP contribution is 2.50. The van der Waals surface area contributed by atoms with Crippen molar-refractivity contribution in [3.05, 3.63) is 191 Å². The lowest BCUT2D eigenvalue weighted by Gasteiger charge is -2.22. The molecule has 1 aromatic heterocycles. The average molecular weight is 675 g/mol. The van der Waals surface area contributed by atoms with Crippen LogP contribution in [0.25, 0.3) is 55.3 Å². The van der Waals surface area contributed by atoms with Crippen molar-refractivity contribution < 1.29 is 4.42 Å². The maximum Gasteiger partial charge on any atom is 0.135 e. The van der Waals surface area contributed by atoms with Gasteiger partial charge in [-0.1, -0.05) is 161 Å². The summed E-state index contributed by atoms with van der Waals surface area (Å²) in [7, 11) is 0. The van der Waals surface area contributed by atoms with E-state index in [1.165, 1.54) is 83.1 Å². The number of hydrogen-bond acceptors (Lipinski definition) is 1. The molecular weight excluding hydrogens is 629 g/mol. The zero-order valence-corrected chi connectivity index (χ0v) is 31.3. The summed E-state index contributed by atoms with van der Waals surface area (Å²) in [6.45, 7) is 15.8. The van der Waals surface area contributed by atoms with Gasteiger partial charge in [-0.05, 0) is 111 Å². The van der Waals surface area contributed by atoms with Gasteiger partial charge in [-0.3, -0.25) is 0 Å². The minimum Gasteiger partial charge on any atom is -0.456 e. The van der Waals surface area contributed by atoms with Crippen molar-refractivity contribution in [1.29, 1.82) is 0 Å². The van der Waals surface area contributed by atoms with Crippen molar-refractivity contribution in [2.75, 3.05) is 0 Å². The predicted molar refractivity (Wildman–Crippen MR) is 221 cm³/mol. The van der Waals surface area contributed by atoms with Crippen molar-refractivity contribution in [2.45, 2.75) is 59.3 Å². The number of para-hydroxylation sites is 1. The van der Waals surface area contributed by atoms with Gasteiger partial charge >= 0.3 is 0 Å². The number of benzene rings is 7. The molecule has 0 fully saturated rings. The number of furan rings is 1. The van der Waals surface area contributed by atoms with E-state index < -0.39 is 0 Å². The summed E-state index contributed by atoms with van der Waals surface area (Å²) in [6.07, 6.45) is 0. The molecule has 0 saturated heterocycles. The molecule has 8 aromatic rings. The highest BCUT2D eigenvalue weighted by Gasteiger charge is 2.36.